The van der Waals surface area contributed by atoms with Crippen LogP contribution in [0.4, 0.5) is 0 Å². The summed E-state index contributed by atoms with van der Waals surface area (Å²) in [5, 5.41) is 18.7. The molecule has 0 spiro atoms. The summed E-state index contributed by atoms with van der Waals surface area (Å²) in [6.07, 6.45) is 1.40. The van der Waals surface area contributed by atoms with E-state index in [4.69, 9.17) is 9.47 Å². The predicted molar refractivity (Wildman–Crippen MR) is 120 cm³/mol. The molecule has 0 aliphatic carbocycles. The first-order valence-electron chi connectivity index (χ1n) is 10.2. The molecule has 1 aliphatic heterocycles. The number of nitrogens with one attached hydrogen (secondary N) is 2. The van der Waals surface area contributed by atoms with E-state index < -0.39 is 17.9 Å². The van der Waals surface area contributed by atoms with Gasteiger partial charge in [0.25, 0.3) is 11.8 Å². The highest BCUT2D eigenvalue weighted by molar-refractivity contribution is 6.03. The second-order valence-corrected chi connectivity index (χ2v) is 7.72. The number of carbonyl (C=O) groups excluding carboxylic acids is 2. The Balaban J connectivity index is 1.46. The first kappa shape index (κ1) is 21.2. The molecular weight excluding hydrogens is 410 g/mol. The van der Waals surface area contributed by atoms with Gasteiger partial charge in [-0.15, -0.1) is 0 Å². The molecule has 3 aromatic rings. The minimum absolute atomic E-state index is 0.0539. The van der Waals surface area contributed by atoms with Gasteiger partial charge in [-0.2, -0.15) is 5.10 Å². The molecule has 8 nitrogen and oxygen atoms in total. The molecular formula is C24H23N3O5. The van der Waals surface area contributed by atoms with Gasteiger partial charge in [-0.05, 0) is 41.0 Å². The molecule has 0 aromatic heterocycles. The molecule has 0 unspecified atom stereocenters. The zero-order valence-corrected chi connectivity index (χ0v) is 17.7. The lowest BCUT2D eigenvalue weighted by atomic mass is 10.0. The molecule has 2 amide bonds. The Labute approximate surface area is 184 Å². The second-order valence-electron chi connectivity index (χ2n) is 7.72. The zero-order chi connectivity index (χ0) is 22.7. The van der Waals surface area contributed by atoms with Crippen molar-refractivity contribution < 1.29 is 24.2 Å². The van der Waals surface area contributed by atoms with Crippen LogP contribution in [0.3, 0.4) is 0 Å². The van der Waals surface area contributed by atoms with Gasteiger partial charge in [-0.3, -0.25) is 9.59 Å². The fourth-order valence-corrected chi connectivity index (χ4v) is 3.45. The van der Waals surface area contributed by atoms with Gasteiger partial charge in [-0.1, -0.05) is 44.2 Å². The highest BCUT2D eigenvalue weighted by Crippen LogP contribution is 2.32. The number of rotatable bonds is 6. The molecule has 1 heterocycles. The molecule has 164 valence electrons. The zero-order valence-electron chi connectivity index (χ0n) is 17.7. The highest BCUT2D eigenvalue weighted by Gasteiger charge is 2.25. The Morgan fingerprint density at radius 1 is 1.06 bits per heavy atom. The van der Waals surface area contributed by atoms with Crippen molar-refractivity contribution in [3.8, 4) is 17.2 Å². The fraction of sp³-hybridized carbons (Fsp3) is 0.208. The van der Waals surface area contributed by atoms with Crippen LogP contribution < -0.4 is 20.2 Å². The number of fused-ring (bicyclic) bond motifs is 2. The van der Waals surface area contributed by atoms with Gasteiger partial charge in [0.2, 0.25) is 6.79 Å². The highest BCUT2D eigenvalue weighted by atomic mass is 16.7. The number of carbonyl (C=O) groups is 2. The normalized spacial score (nSPS) is 13.5. The van der Waals surface area contributed by atoms with Crippen LogP contribution in [0.25, 0.3) is 10.8 Å². The standard InChI is InChI=1S/C24H23N3O5/c1-14(2)22(26-23(29)16-8-10-20-21(11-16)32-13-31-20)24(30)27-25-12-18-17-6-4-3-5-15(17)7-9-19(18)28/h3-12,14,22,28H,13H2,1-2H3,(H,26,29)(H,27,30)/b25-12-/t22-/m1/s1. The monoisotopic (exact) mass is 433 g/mol. The fourth-order valence-electron chi connectivity index (χ4n) is 3.45. The van der Waals surface area contributed by atoms with E-state index in [0.717, 1.165) is 10.8 Å². The van der Waals surface area contributed by atoms with Crippen LogP contribution in [0.5, 0.6) is 17.2 Å². The summed E-state index contributed by atoms with van der Waals surface area (Å²) in [6.45, 7) is 3.76. The number of hydrazone groups is 1. The second kappa shape index (κ2) is 8.97. The van der Waals surface area contributed by atoms with E-state index in [1.165, 1.54) is 6.21 Å². The molecule has 8 heteroatoms. The Kier molecular flexibility index (Phi) is 5.93. The summed E-state index contributed by atoms with van der Waals surface area (Å²) >= 11 is 0. The van der Waals surface area contributed by atoms with Crippen LogP contribution in [0.2, 0.25) is 0 Å². The summed E-state index contributed by atoms with van der Waals surface area (Å²) in [5.74, 6) is 0.0543. The van der Waals surface area contributed by atoms with Crippen molar-refractivity contribution in [3.05, 3.63) is 65.7 Å². The van der Waals surface area contributed by atoms with Crippen LogP contribution in [-0.2, 0) is 4.79 Å². The molecule has 0 fully saturated rings. The predicted octanol–water partition coefficient (Wildman–Crippen LogP) is 3.18. The number of nitrogens with zero attached hydrogens (tertiary/aromatic N) is 1. The van der Waals surface area contributed by atoms with Gasteiger partial charge in [-0.25, -0.2) is 5.43 Å². The van der Waals surface area contributed by atoms with E-state index in [0.29, 0.717) is 22.6 Å². The largest absolute Gasteiger partial charge is 0.507 e. The van der Waals surface area contributed by atoms with Crippen LogP contribution in [0.1, 0.15) is 29.8 Å². The number of phenolic OH excluding ortho intramolecular Hbond substituents is 1. The molecule has 0 saturated heterocycles. The molecule has 3 aromatic carbocycles. The maximum absolute atomic E-state index is 12.7. The van der Waals surface area contributed by atoms with Gasteiger partial charge in [0.15, 0.2) is 11.5 Å². The van der Waals surface area contributed by atoms with Crippen molar-refractivity contribution in [1.29, 1.82) is 0 Å². The molecule has 32 heavy (non-hydrogen) atoms. The number of phenols is 1. The number of amides is 2. The topological polar surface area (TPSA) is 109 Å². The summed E-state index contributed by atoms with van der Waals surface area (Å²) < 4.78 is 10.6. The Bertz CT molecular complexity index is 1210. The minimum atomic E-state index is -0.814. The molecule has 1 aliphatic rings. The van der Waals surface area contributed by atoms with E-state index in [2.05, 4.69) is 15.8 Å². The Morgan fingerprint density at radius 2 is 1.84 bits per heavy atom. The molecule has 4 rings (SSSR count). The quantitative estimate of drug-likeness (QED) is 0.409. The van der Waals surface area contributed by atoms with Crippen molar-refractivity contribution in [2.45, 2.75) is 19.9 Å². The summed E-state index contributed by atoms with van der Waals surface area (Å²) in [7, 11) is 0. The van der Waals surface area contributed by atoms with Crippen molar-refractivity contribution in [3.63, 3.8) is 0 Å². The van der Waals surface area contributed by atoms with Gasteiger partial charge in [0.05, 0.1) is 6.21 Å². The first-order chi connectivity index (χ1) is 15.4. The van der Waals surface area contributed by atoms with Crippen LogP contribution >= 0.6 is 0 Å². The van der Waals surface area contributed by atoms with Gasteiger partial charge in [0.1, 0.15) is 11.8 Å². The number of ether oxygens (including phenoxy) is 2. The number of aromatic hydroxyl groups is 1. The van der Waals surface area contributed by atoms with Crippen molar-refractivity contribution in [1.82, 2.24) is 10.7 Å². The Hall–Kier alpha value is -4.07. The number of hydrogen-bond acceptors (Lipinski definition) is 6. The van der Waals surface area contributed by atoms with E-state index in [-0.39, 0.29) is 18.5 Å². The van der Waals surface area contributed by atoms with Gasteiger partial charge >= 0.3 is 0 Å². The van der Waals surface area contributed by atoms with E-state index in [9.17, 15) is 14.7 Å². The third kappa shape index (κ3) is 4.34. The first-order valence-corrected chi connectivity index (χ1v) is 10.2. The van der Waals surface area contributed by atoms with Crippen LogP contribution in [0, 0.1) is 5.92 Å². The molecule has 1 atom stereocenters. The summed E-state index contributed by atoms with van der Waals surface area (Å²) in [5.41, 5.74) is 3.32. The Morgan fingerprint density at radius 3 is 2.66 bits per heavy atom. The van der Waals surface area contributed by atoms with Crippen molar-refractivity contribution in [2.24, 2.45) is 11.0 Å². The average Bonchev–Trinajstić information content (AvgIpc) is 3.26. The smallest absolute Gasteiger partial charge is 0.262 e. The maximum Gasteiger partial charge on any atom is 0.262 e. The average molecular weight is 433 g/mol. The van der Waals surface area contributed by atoms with E-state index in [1.807, 2.05) is 38.1 Å². The lowest BCUT2D eigenvalue weighted by Gasteiger charge is -2.20. The van der Waals surface area contributed by atoms with E-state index in [1.54, 1.807) is 30.3 Å². The lowest BCUT2D eigenvalue weighted by Crippen LogP contribution is -2.48. The number of hydrogen-bond donors (Lipinski definition) is 3. The molecule has 0 radical (unpaired) electrons. The van der Waals surface area contributed by atoms with Crippen LogP contribution in [-0.4, -0.2) is 36.0 Å². The van der Waals surface area contributed by atoms with Crippen LogP contribution in [0.15, 0.2) is 59.7 Å². The van der Waals surface area contributed by atoms with Crippen molar-refractivity contribution >= 4 is 28.8 Å². The molecule has 0 bridgehead atoms. The lowest BCUT2D eigenvalue weighted by molar-refractivity contribution is -0.123. The maximum atomic E-state index is 12.7. The van der Waals surface area contributed by atoms with Crippen molar-refractivity contribution in [2.75, 3.05) is 6.79 Å². The van der Waals surface area contributed by atoms with E-state index >= 15 is 0 Å². The molecule has 3 N–H and O–H groups in total. The number of benzene rings is 3. The third-order valence-corrected chi connectivity index (χ3v) is 5.19. The summed E-state index contributed by atoms with van der Waals surface area (Å²) in [4.78, 5) is 25.4. The van der Waals surface area contributed by atoms with Gasteiger partial charge < -0.3 is 19.9 Å². The minimum Gasteiger partial charge on any atom is -0.507 e. The molecule has 0 saturated carbocycles. The third-order valence-electron chi connectivity index (χ3n) is 5.19. The van der Waals surface area contributed by atoms with Gasteiger partial charge in [0, 0.05) is 11.1 Å². The summed E-state index contributed by atoms with van der Waals surface area (Å²) in [6, 6.07) is 15.0. The SMILES string of the molecule is CC(C)[C@@H](NC(=O)c1ccc2c(c1)OCO2)C(=O)N/N=C\c1c(O)ccc2ccccc12.